The minimum Gasteiger partial charge on any atom is -0.445 e. The largest absolute Gasteiger partial charge is 0.445 e. The molecule has 0 spiro atoms. The van der Waals surface area contributed by atoms with Crippen LogP contribution in [0.25, 0.3) is 0 Å². The first kappa shape index (κ1) is 21.4. The summed E-state index contributed by atoms with van der Waals surface area (Å²) in [6, 6.07) is 9.86. The van der Waals surface area contributed by atoms with E-state index in [2.05, 4.69) is 6.92 Å². The summed E-state index contributed by atoms with van der Waals surface area (Å²) in [7, 11) is 0. The summed E-state index contributed by atoms with van der Waals surface area (Å²) in [5.41, 5.74) is 1.04. The van der Waals surface area contributed by atoms with E-state index in [1.54, 1.807) is 0 Å². The van der Waals surface area contributed by atoms with Gasteiger partial charge in [0.2, 0.25) is 0 Å². The lowest BCUT2D eigenvalue weighted by molar-refractivity contribution is -0.123. The number of amides is 1. The molecule has 1 amide bonds. The number of allylic oxidation sites excluding steroid dienone is 1. The van der Waals surface area contributed by atoms with Crippen LogP contribution in [0.2, 0.25) is 0 Å². The molecule has 1 saturated heterocycles. The Morgan fingerprint density at radius 1 is 1.15 bits per heavy atom. The summed E-state index contributed by atoms with van der Waals surface area (Å²) in [4.78, 5) is 28.3. The lowest BCUT2D eigenvalue weighted by atomic mass is 9.63. The van der Waals surface area contributed by atoms with Crippen LogP contribution in [0.5, 0.6) is 0 Å². The molecule has 2 bridgehead atoms. The van der Waals surface area contributed by atoms with Crippen LogP contribution in [0.3, 0.4) is 0 Å². The summed E-state index contributed by atoms with van der Waals surface area (Å²) < 4.78 is 5.77. The molecular weight excluding hydrogens is 414 g/mol. The van der Waals surface area contributed by atoms with Crippen LogP contribution in [0, 0.1) is 29.6 Å². The molecule has 5 nitrogen and oxygen atoms in total. The molecule has 5 heteroatoms. The van der Waals surface area contributed by atoms with Crippen molar-refractivity contribution in [3.8, 4) is 0 Å². The Hall–Kier alpha value is -2.14. The molecule has 0 unspecified atom stereocenters. The summed E-state index contributed by atoms with van der Waals surface area (Å²) in [6.45, 7) is 2.37. The van der Waals surface area contributed by atoms with Crippen molar-refractivity contribution >= 4 is 11.9 Å². The van der Waals surface area contributed by atoms with Crippen LogP contribution >= 0.6 is 0 Å². The maximum Gasteiger partial charge on any atom is 0.410 e. The Balaban J connectivity index is 1.29. The molecule has 1 aromatic rings. The van der Waals surface area contributed by atoms with Crippen molar-refractivity contribution in [2.75, 3.05) is 0 Å². The zero-order valence-electron chi connectivity index (χ0n) is 19.5. The zero-order valence-corrected chi connectivity index (χ0v) is 19.5. The quantitative estimate of drug-likeness (QED) is 0.699. The molecule has 1 heterocycles. The van der Waals surface area contributed by atoms with Crippen molar-refractivity contribution in [3.63, 3.8) is 0 Å². The van der Waals surface area contributed by atoms with Gasteiger partial charge in [0.15, 0.2) is 5.78 Å². The number of hydrogen-bond donors (Lipinski definition) is 1. The van der Waals surface area contributed by atoms with Gasteiger partial charge < -0.3 is 14.7 Å². The van der Waals surface area contributed by atoms with Gasteiger partial charge in [-0.3, -0.25) is 4.79 Å². The average Bonchev–Trinajstić information content (AvgIpc) is 3.05. The Labute approximate surface area is 196 Å². The van der Waals surface area contributed by atoms with Gasteiger partial charge in [-0.1, -0.05) is 43.2 Å². The average molecular weight is 450 g/mol. The fourth-order valence-electron chi connectivity index (χ4n) is 8.31. The van der Waals surface area contributed by atoms with E-state index in [4.69, 9.17) is 4.74 Å². The van der Waals surface area contributed by atoms with Crippen LogP contribution in [0.1, 0.15) is 63.9 Å². The molecule has 0 radical (unpaired) electrons. The summed E-state index contributed by atoms with van der Waals surface area (Å²) >= 11 is 0. The summed E-state index contributed by atoms with van der Waals surface area (Å²) in [5, 5.41) is 12.1. The van der Waals surface area contributed by atoms with Crippen molar-refractivity contribution in [1.29, 1.82) is 0 Å². The van der Waals surface area contributed by atoms with Crippen LogP contribution < -0.4 is 0 Å². The van der Waals surface area contributed by atoms with Crippen LogP contribution in [-0.2, 0) is 16.1 Å². The molecular formula is C28H35NO4. The molecule has 4 aliphatic carbocycles. The lowest BCUT2D eigenvalue weighted by Crippen LogP contribution is -2.60. The number of carbonyl (C=O) groups is 2. The second kappa shape index (κ2) is 7.97. The normalized spacial score (nSPS) is 41.5. The Kier molecular flexibility index (Phi) is 5.17. The SMILES string of the molecule is C[C@H]1CC[C@H]2[C@H](C[C@H]3C[C@]2(O)C2=CC(=O)[C@@H]4CCCC[C@H]4[C@@H]23)N1C(=O)OCc1ccccc1. The number of benzene rings is 1. The van der Waals surface area contributed by atoms with E-state index in [0.717, 1.165) is 56.1 Å². The molecule has 5 aliphatic rings. The molecule has 1 aromatic carbocycles. The molecule has 8 atom stereocenters. The number of piperidine rings is 1. The number of rotatable bonds is 2. The van der Waals surface area contributed by atoms with Gasteiger partial charge in [0.25, 0.3) is 0 Å². The number of carbonyl (C=O) groups excluding carboxylic acids is 2. The second-order valence-corrected chi connectivity index (χ2v) is 11.3. The lowest BCUT2D eigenvalue weighted by Gasteiger charge is -2.52. The van der Waals surface area contributed by atoms with Crippen molar-refractivity contribution in [3.05, 3.63) is 47.5 Å². The minimum absolute atomic E-state index is 0.0154. The molecule has 3 saturated carbocycles. The molecule has 33 heavy (non-hydrogen) atoms. The molecule has 176 valence electrons. The standard InChI is InChI=1S/C28H35NO4/c1-17-11-12-22-24(29(17)27(31)33-16-18-7-3-2-4-8-18)13-19-15-28(22,32)23-14-25(30)20-9-5-6-10-21(20)26(19)23/h2-4,7-8,14,17,19-22,24,26,32H,5-6,9-13,15-16H2,1H3/t17-,19-,20+,21+,22-,24-,26-,28+/m0/s1. The number of nitrogens with zero attached hydrogens (tertiary/aromatic N) is 1. The minimum atomic E-state index is -0.950. The molecule has 1 aliphatic heterocycles. The van der Waals surface area contributed by atoms with Gasteiger partial charge in [0.1, 0.15) is 6.61 Å². The monoisotopic (exact) mass is 449 g/mol. The fraction of sp³-hybridized carbons (Fsp3) is 0.643. The molecule has 0 aromatic heterocycles. The highest BCUT2D eigenvalue weighted by Gasteiger charge is 2.64. The van der Waals surface area contributed by atoms with E-state index in [-0.39, 0.29) is 42.4 Å². The highest BCUT2D eigenvalue weighted by Crippen LogP contribution is 2.63. The first-order valence-electron chi connectivity index (χ1n) is 12.9. The zero-order chi connectivity index (χ0) is 22.7. The predicted octanol–water partition coefficient (Wildman–Crippen LogP) is 4.88. The Morgan fingerprint density at radius 2 is 1.94 bits per heavy atom. The van der Waals surface area contributed by atoms with Gasteiger partial charge in [-0.15, -0.1) is 0 Å². The van der Waals surface area contributed by atoms with E-state index >= 15 is 0 Å². The second-order valence-electron chi connectivity index (χ2n) is 11.3. The third-order valence-corrected chi connectivity index (χ3v) is 9.65. The molecule has 4 fully saturated rings. The van der Waals surface area contributed by atoms with E-state index in [1.807, 2.05) is 41.3 Å². The number of aliphatic hydroxyl groups is 1. The number of likely N-dealkylation sites (tertiary alicyclic amines) is 1. The first-order chi connectivity index (χ1) is 16.0. The first-order valence-corrected chi connectivity index (χ1v) is 12.9. The maximum absolute atomic E-state index is 13.3. The van der Waals surface area contributed by atoms with Gasteiger partial charge in [0.05, 0.1) is 5.60 Å². The van der Waals surface area contributed by atoms with E-state index in [0.29, 0.717) is 17.8 Å². The van der Waals surface area contributed by atoms with Crippen molar-refractivity contribution in [1.82, 2.24) is 4.90 Å². The number of fused-ring (bicyclic) bond motifs is 9. The van der Waals surface area contributed by atoms with E-state index in [9.17, 15) is 14.7 Å². The van der Waals surface area contributed by atoms with Gasteiger partial charge in [0, 0.05) is 23.9 Å². The topological polar surface area (TPSA) is 66.8 Å². The van der Waals surface area contributed by atoms with Gasteiger partial charge in [-0.05, 0) is 80.4 Å². The fourth-order valence-corrected chi connectivity index (χ4v) is 8.31. The molecule has 1 N–H and O–H groups in total. The highest BCUT2D eigenvalue weighted by atomic mass is 16.6. The van der Waals surface area contributed by atoms with Crippen molar-refractivity contribution < 1.29 is 19.4 Å². The third-order valence-electron chi connectivity index (χ3n) is 9.65. The van der Waals surface area contributed by atoms with Crippen molar-refractivity contribution in [2.45, 2.75) is 82.6 Å². The van der Waals surface area contributed by atoms with Crippen LogP contribution in [0.4, 0.5) is 4.79 Å². The van der Waals surface area contributed by atoms with Gasteiger partial charge in [-0.2, -0.15) is 0 Å². The maximum atomic E-state index is 13.3. The van der Waals surface area contributed by atoms with Crippen molar-refractivity contribution in [2.24, 2.45) is 29.6 Å². The molecule has 6 rings (SSSR count). The van der Waals surface area contributed by atoms with E-state index < -0.39 is 5.60 Å². The van der Waals surface area contributed by atoms with Crippen LogP contribution in [-0.4, -0.2) is 39.6 Å². The van der Waals surface area contributed by atoms with Crippen LogP contribution in [0.15, 0.2) is 42.0 Å². The Bertz CT molecular complexity index is 973. The van der Waals surface area contributed by atoms with Gasteiger partial charge in [-0.25, -0.2) is 4.79 Å². The number of ketones is 1. The van der Waals surface area contributed by atoms with Gasteiger partial charge >= 0.3 is 6.09 Å². The predicted molar refractivity (Wildman–Crippen MR) is 124 cm³/mol. The van der Waals surface area contributed by atoms with E-state index in [1.165, 1.54) is 6.42 Å². The number of ether oxygens (including phenoxy) is 1. The summed E-state index contributed by atoms with van der Waals surface area (Å²) in [6.07, 6.45) is 9.41. The summed E-state index contributed by atoms with van der Waals surface area (Å²) in [5.74, 6) is 1.40. The third kappa shape index (κ3) is 3.30. The highest BCUT2D eigenvalue weighted by molar-refractivity contribution is 5.94. The number of hydrogen-bond acceptors (Lipinski definition) is 4. The Morgan fingerprint density at radius 3 is 2.76 bits per heavy atom. The smallest absolute Gasteiger partial charge is 0.410 e.